The van der Waals surface area contributed by atoms with E-state index in [0.29, 0.717) is 6.54 Å². The molecule has 0 aliphatic heterocycles. The van der Waals surface area contributed by atoms with Crippen molar-refractivity contribution in [1.29, 1.82) is 0 Å². The lowest BCUT2D eigenvalue weighted by atomic mass is 10.1. The highest BCUT2D eigenvalue weighted by molar-refractivity contribution is 5.83. The first-order valence-corrected chi connectivity index (χ1v) is 7.13. The number of rotatable bonds is 4. The van der Waals surface area contributed by atoms with Gasteiger partial charge in [0.25, 0.3) is 0 Å². The van der Waals surface area contributed by atoms with Gasteiger partial charge in [0.15, 0.2) is 0 Å². The van der Waals surface area contributed by atoms with Gasteiger partial charge in [0, 0.05) is 35.8 Å². The fourth-order valence-corrected chi connectivity index (χ4v) is 2.85. The van der Waals surface area contributed by atoms with Crippen molar-refractivity contribution in [3.05, 3.63) is 65.4 Å². The topological polar surface area (TPSA) is 40.2 Å². The first kappa shape index (κ1) is 13.7. The Balaban J connectivity index is 1.99. The molecule has 3 nitrogen and oxygen atoms in total. The summed E-state index contributed by atoms with van der Waals surface area (Å²) in [6.07, 6.45) is 2.21. The first-order chi connectivity index (χ1) is 10.2. The zero-order chi connectivity index (χ0) is 14.8. The van der Waals surface area contributed by atoms with E-state index in [0.717, 1.165) is 17.9 Å². The van der Waals surface area contributed by atoms with Crippen LogP contribution in [0, 0.1) is 6.92 Å². The van der Waals surface area contributed by atoms with Crippen LogP contribution >= 0.6 is 0 Å². The number of aromatic nitrogens is 1. The second-order valence-corrected chi connectivity index (χ2v) is 5.31. The molecule has 0 fully saturated rings. The lowest BCUT2D eigenvalue weighted by molar-refractivity contribution is 0.409. The predicted molar refractivity (Wildman–Crippen MR) is 86.7 cm³/mol. The van der Waals surface area contributed by atoms with E-state index in [1.54, 1.807) is 7.11 Å². The highest BCUT2D eigenvalue weighted by Crippen LogP contribution is 2.24. The SMILES string of the molecule is COc1ccc(Cn2cc(C)c3ccccc32)cc1CN. The molecule has 0 spiro atoms. The van der Waals surface area contributed by atoms with Crippen LogP contribution in [0.4, 0.5) is 0 Å². The van der Waals surface area contributed by atoms with Crippen molar-refractivity contribution >= 4 is 10.9 Å². The van der Waals surface area contributed by atoms with Gasteiger partial charge in [-0.15, -0.1) is 0 Å². The van der Waals surface area contributed by atoms with Crippen molar-refractivity contribution in [1.82, 2.24) is 4.57 Å². The summed E-state index contributed by atoms with van der Waals surface area (Å²) in [7, 11) is 1.68. The van der Waals surface area contributed by atoms with Crippen LogP contribution in [0.2, 0.25) is 0 Å². The van der Waals surface area contributed by atoms with E-state index in [4.69, 9.17) is 10.5 Å². The maximum absolute atomic E-state index is 5.80. The Morgan fingerprint density at radius 2 is 1.95 bits per heavy atom. The summed E-state index contributed by atoms with van der Waals surface area (Å²) >= 11 is 0. The van der Waals surface area contributed by atoms with Crippen LogP contribution in [-0.4, -0.2) is 11.7 Å². The Hall–Kier alpha value is -2.26. The van der Waals surface area contributed by atoms with Crippen LogP contribution in [0.15, 0.2) is 48.7 Å². The van der Waals surface area contributed by atoms with E-state index in [2.05, 4.69) is 54.1 Å². The van der Waals surface area contributed by atoms with Crippen LogP contribution in [0.5, 0.6) is 5.75 Å². The molecule has 0 saturated carbocycles. The van der Waals surface area contributed by atoms with Gasteiger partial charge in [0.1, 0.15) is 5.75 Å². The second kappa shape index (κ2) is 5.62. The minimum atomic E-state index is 0.489. The number of hydrogen-bond acceptors (Lipinski definition) is 2. The van der Waals surface area contributed by atoms with Crippen LogP contribution < -0.4 is 10.5 Å². The van der Waals surface area contributed by atoms with E-state index in [-0.39, 0.29) is 0 Å². The molecular weight excluding hydrogens is 260 g/mol. The molecule has 108 valence electrons. The van der Waals surface area contributed by atoms with E-state index in [1.807, 2.05) is 6.07 Å². The minimum absolute atomic E-state index is 0.489. The van der Waals surface area contributed by atoms with Gasteiger partial charge in [-0.25, -0.2) is 0 Å². The highest BCUT2D eigenvalue weighted by Gasteiger charge is 2.07. The number of fused-ring (bicyclic) bond motifs is 1. The van der Waals surface area contributed by atoms with Crippen molar-refractivity contribution < 1.29 is 4.74 Å². The molecule has 1 heterocycles. The lowest BCUT2D eigenvalue weighted by Gasteiger charge is -2.10. The molecule has 0 aliphatic carbocycles. The molecule has 21 heavy (non-hydrogen) atoms. The number of nitrogens with zero attached hydrogens (tertiary/aromatic N) is 1. The molecule has 0 aliphatic rings. The predicted octanol–water partition coefficient (Wildman–Crippen LogP) is 3.47. The van der Waals surface area contributed by atoms with Gasteiger partial charge < -0.3 is 15.0 Å². The Morgan fingerprint density at radius 1 is 1.14 bits per heavy atom. The van der Waals surface area contributed by atoms with Gasteiger partial charge in [-0.05, 0) is 36.2 Å². The summed E-state index contributed by atoms with van der Waals surface area (Å²) in [4.78, 5) is 0. The maximum atomic E-state index is 5.80. The first-order valence-electron chi connectivity index (χ1n) is 7.13. The zero-order valence-electron chi connectivity index (χ0n) is 12.5. The number of para-hydroxylation sites is 1. The summed E-state index contributed by atoms with van der Waals surface area (Å²) in [5.74, 6) is 0.856. The summed E-state index contributed by atoms with van der Waals surface area (Å²) in [6, 6.07) is 14.7. The fourth-order valence-electron chi connectivity index (χ4n) is 2.85. The third-order valence-corrected chi connectivity index (χ3v) is 3.91. The monoisotopic (exact) mass is 280 g/mol. The van der Waals surface area contributed by atoms with Crippen molar-refractivity contribution in [2.45, 2.75) is 20.0 Å². The van der Waals surface area contributed by atoms with Gasteiger partial charge >= 0.3 is 0 Å². The molecule has 3 heteroatoms. The standard InChI is InChI=1S/C18H20N2O/c1-13-11-20(17-6-4-3-5-16(13)17)12-14-7-8-18(21-2)15(9-14)10-19/h3-9,11H,10,12,19H2,1-2H3. The van der Waals surface area contributed by atoms with Crippen molar-refractivity contribution in [3.8, 4) is 5.75 Å². The average molecular weight is 280 g/mol. The molecule has 0 atom stereocenters. The number of aryl methyl sites for hydroxylation is 1. The van der Waals surface area contributed by atoms with Crippen molar-refractivity contribution in [2.24, 2.45) is 5.73 Å². The highest BCUT2D eigenvalue weighted by atomic mass is 16.5. The Morgan fingerprint density at radius 3 is 2.71 bits per heavy atom. The molecular formula is C18H20N2O. The molecule has 1 aromatic heterocycles. The van der Waals surface area contributed by atoms with Gasteiger partial charge in [0.2, 0.25) is 0 Å². The maximum Gasteiger partial charge on any atom is 0.123 e. The Kier molecular flexibility index (Phi) is 3.67. The smallest absolute Gasteiger partial charge is 0.123 e. The quantitative estimate of drug-likeness (QED) is 0.795. The van der Waals surface area contributed by atoms with E-state index in [9.17, 15) is 0 Å². The summed E-state index contributed by atoms with van der Waals surface area (Å²) < 4.78 is 7.61. The van der Waals surface area contributed by atoms with Crippen molar-refractivity contribution in [3.63, 3.8) is 0 Å². The molecule has 3 rings (SSSR count). The summed E-state index contributed by atoms with van der Waals surface area (Å²) in [6.45, 7) is 3.48. The zero-order valence-corrected chi connectivity index (χ0v) is 12.5. The molecule has 2 N–H and O–H groups in total. The number of ether oxygens (including phenoxy) is 1. The molecule has 2 aromatic carbocycles. The average Bonchev–Trinajstić information content (AvgIpc) is 2.84. The Bertz CT molecular complexity index is 774. The number of methoxy groups -OCH3 is 1. The molecule has 0 bridgehead atoms. The van der Waals surface area contributed by atoms with Crippen LogP contribution in [-0.2, 0) is 13.1 Å². The third-order valence-electron chi connectivity index (χ3n) is 3.91. The minimum Gasteiger partial charge on any atom is -0.496 e. The number of hydrogen-bond donors (Lipinski definition) is 1. The van der Waals surface area contributed by atoms with Gasteiger partial charge in [-0.2, -0.15) is 0 Å². The Labute approximate surface area is 125 Å². The van der Waals surface area contributed by atoms with Crippen LogP contribution in [0.1, 0.15) is 16.7 Å². The van der Waals surface area contributed by atoms with Crippen LogP contribution in [0.25, 0.3) is 10.9 Å². The summed E-state index contributed by atoms with van der Waals surface area (Å²) in [5.41, 5.74) is 10.6. The van der Waals surface area contributed by atoms with E-state index in [1.165, 1.54) is 22.0 Å². The number of benzene rings is 2. The van der Waals surface area contributed by atoms with Crippen LogP contribution in [0.3, 0.4) is 0 Å². The molecule has 0 amide bonds. The molecule has 0 saturated heterocycles. The summed E-state index contributed by atoms with van der Waals surface area (Å²) in [5, 5.41) is 1.31. The van der Waals surface area contributed by atoms with E-state index >= 15 is 0 Å². The number of nitrogens with two attached hydrogens (primary N) is 1. The van der Waals surface area contributed by atoms with Gasteiger partial charge in [-0.1, -0.05) is 24.3 Å². The molecule has 0 unspecified atom stereocenters. The lowest BCUT2D eigenvalue weighted by Crippen LogP contribution is -2.03. The van der Waals surface area contributed by atoms with Gasteiger partial charge in [0.05, 0.1) is 7.11 Å². The van der Waals surface area contributed by atoms with E-state index < -0.39 is 0 Å². The molecule has 0 radical (unpaired) electrons. The van der Waals surface area contributed by atoms with Gasteiger partial charge in [-0.3, -0.25) is 0 Å². The second-order valence-electron chi connectivity index (χ2n) is 5.31. The normalized spacial score (nSPS) is 11.0. The molecule has 3 aromatic rings. The third kappa shape index (κ3) is 2.52. The fraction of sp³-hybridized carbons (Fsp3) is 0.222. The van der Waals surface area contributed by atoms with Crippen molar-refractivity contribution in [2.75, 3.05) is 7.11 Å². The largest absolute Gasteiger partial charge is 0.496 e.